The van der Waals surface area contributed by atoms with Gasteiger partial charge < -0.3 is 19.3 Å². The van der Waals surface area contributed by atoms with E-state index < -0.39 is 0 Å². The summed E-state index contributed by atoms with van der Waals surface area (Å²) in [6.45, 7) is 6.24. The Morgan fingerprint density at radius 2 is 2.09 bits per heavy atom. The Morgan fingerprint density at radius 1 is 1.30 bits per heavy atom. The van der Waals surface area contributed by atoms with E-state index in [4.69, 9.17) is 14.2 Å². The van der Waals surface area contributed by atoms with Crippen LogP contribution in [0, 0.1) is 12.3 Å². The molecule has 3 rings (SSSR count). The average molecular weight is 321 g/mol. The molecule has 1 atom stereocenters. The highest BCUT2D eigenvalue weighted by atomic mass is 16.7. The number of ether oxygens (including phenoxy) is 3. The van der Waals surface area contributed by atoms with Crippen LogP contribution >= 0.6 is 0 Å². The first kappa shape index (κ1) is 16.6. The van der Waals surface area contributed by atoms with Gasteiger partial charge >= 0.3 is 0 Å². The first-order valence-electron chi connectivity index (χ1n) is 8.37. The van der Waals surface area contributed by atoms with Crippen molar-refractivity contribution >= 4 is 0 Å². The van der Waals surface area contributed by atoms with Crippen LogP contribution < -0.4 is 9.47 Å². The SMILES string of the molecule is COCC[C@@]1(CO)CCCN(Cc2cc3c(cc2C)OCO3)C1. The molecule has 1 N–H and O–H groups in total. The molecule has 0 bridgehead atoms. The molecule has 5 heteroatoms. The lowest BCUT2D eigenvalue weighted by Gasteiger charge is -2.42. The summed E-state index contributed by atoms with van der Waals surface area (Å²) in [6.07, 6.45) is 3.11. The molecule has 1 aromatic carbocycles. The minimum absolute atomic E-state index is 0.0293. The number of fused-ring (bicyclic) bond motifs is 1. The van der Waals surface area contributed by atoms with Crippen LogP contribution in [0.1, 0.15) is 30.4 Å². The summed E-state index contributed by atoms with van der Waals surface area (Å²) in [7, 11) is 1.72. The van der Waals surface area contributed by atoms with Gasteiger partial charge in [0.25, 0.3) is 0 Å². The number of hydrogen-bond donors (Lipinski definition) is 1. The van der Waals surface area contributed by atoms with Crippen molar-refractivity contribution in [1.29, 1.82) is 0 Å². The molecule has 2 aliphatic rings. The second-order valence-corrected chi connectivity index (χ2v) is 6.85. The number of benzene rings is 1. The van der Waals surface area contributed by atoms with Crippen LogP contribution in [0.25, 0.3) is 0 Å². The fraction of sp³-hybridized carbons (Fsp3) is 0.667. The van der Waals surface area contributed by atoms with E-state index in [0.717, 1.165) is 50.4 Å². The molecular weight excluding hydrogens is 294 g/mol. The highest BCUT2D eigenvalue weighted by Crippen LogP contribution is 2.37. The van der Waals surface area contributed by atoms with Gasteiger partial charge in [-0.05, 0) is 56.0 Å². The van der Waals surface area contributed by atoms with E-state index in [9.17, 15) is 5.11 Å². The molecule has 0 spiro atoms. The lowest BCUT2D eigenvalue weighted by molar-refractivity contribution is 0.00469. The van der Waals surface area contributed by atoms with E-state index in [1.807, 2.05) is 0 Å². The third-order valence-corrected chi connectivity index (χ3v) is 5.14. The fourth-order valence-electron chi connectivity index (χ4n) is 3.67. The first-order chi connectivity index (χ1) is 11.2. The number of aryl methyl sites for hydroxylation is 1. The summed E-state index contributed by atoms with van der Waals surface area (Å²) in [5.74, 6) is 1.69. The molecule has 2 heterocycles. The molecule has 1 saturated heterocycles. The summed E-state index contributed by atoms with van der Waals surface area (Å²) < 4.78 is 16.2. The largest absolute Gasteiger partial charge is 0.454 e. The number of aliphatic hydroxyl groups excluding tert-OH is 1. The Bertz CT molecular complexity index is 548. The van der Waals surface area contributed by atoms with Crippen LogP contribution in [-0.4, -0.2) is 50.2 Å². The number of rotatable bonds is 6. The van der Waals surface area contributed by atoms with E-state index in [-0.39, 0.29) is 12.0 Å². The van der Waals surface area contributed by atoms with Crippen LogP contribution in [0.15, 0.2) is 12.1 Å². The summed E-state index contributed by atoms with van der Waals surface area (Å²) in [4.78, 5) is 2.44. The maximum absolute atomic E-state index is 9.91. The van der Waals surface area contributed by atoms with Gasteiger partial charge in [0.15, 0.2) is 11.5 Å². The van der Waals surface area contributed by atoms with Gasteiger partial charge in [0.1, 0.15) is 0 Å². The van der Waals surface area contributed by atoms with Crippen LogP contribution in [0.2, 0.25) is 0 Å². The highest BCUT2D eigenvalue weighted by molar-refractivity contribution is 5.48. The minimum atomic E-state index is -0.0293. The van der Waals surface area contributed by atoms with Gasteiger partial charge in [-0.3, -0.25) is 4.90 Å². The third kappa shape index (κ3) is 3.62. The van der Waals surface area contributed by atoms with Crippen molar-refractivity contribution < 1.29 is 19.3 Å². The maximum atomic E-state index is 9.91. The molecule has 5 nitrogen and oxygen atoms in total. The molecule has 1 fully saturated rings. The van der Waals surface area contributed by atoms with Gasteiger partial charge in [-0.1, -0.05) is 0 Å². The Labute approximate surface area is 138 Å². The fourth-order valence-corrected chi connectivity index (χ4v) is 3.67. The Morgan fingerprint density at radius 3 is 2.83 bits per heavy atom. The van der Waals surface area contributed by atoms with Crippen LogP contribution in [0.5, 0.6) is 11.5 Å². The van der Waals surface area contributed by atoms with Crippen molar-refractivity contribution in [2.24, 2.45) is 5.41 Å². The van der Waals surface area contributed by atoms with E-state index in [2.05, 4.69) is 24.0 Å². The molecular formula is C18H27NO4. The van der Waals surface area contributed by atoms with Gasteiger partial charge in [0.05, 0.1) is 6.61 Å². The topological polar surface area (TPSA) is 51.2 Å². The van der Waals surface area contributed by atoms with Crippen molar-refractivity contribution in [2.75, 3.05) is 40.2 Å². The van der Waals surface area contributed by atoms with E-state index in [1.54, 1.807) is 7.11 Å². The highest BCUT2D eigenvalue weighted by Gasteiger charge is 2.34. The molecule has 128 valence electrons. The Hall–Kier alpha value is -1.30. The Kier molecular flexibility index (Phi) is 5.09. The average Bonchev–Trinajstić information content (AvgIpc) is 3.00. The quantitative estimate of drug-likeness (QED) is 0.871. The maximum Gasteiger partial charge on any atom is 0.231 e. The van der Waals surface area contributed by atoms with E-state index >= 15 is 0 Å². The monoisotopic (exact) mass is 321 g/mol. The van der Waals surface area contributed by atoms with Gasteiger partial charge in [-0.15, -0.1) is 0 Å². The third-order valence-electron chi connectivity index (χ3n) is 5.14. The van der Waals surface area contributed by atoms with Gasteiger partial charge in [-0.25, -0.2) is 0 Å². The summed E-state index contributed by atoms with van der Waals surface area (Å²) >= 11 is 0. The van der Waals surface area contributed by atoms with Crippen molar-refractivity contribution in [3.8, 4) is 11.5 Å². The van der Waals surface area contributed by atoms with Gasteiger partial charge in [0, 0.05) is 32.2 Å². The number of piperidine rings is 1. The minimum Gasteiger partial charge on any atom is -0.454 e. The summed E-state index contributed by atoms with van der Waals surface area (Å²) in [6, 6.07) is 4.16. The number of likely N-dealkylation sites (tertiary alicyclic amines) is 1. The molecule has 0 radical (unpaired) electrons. The molecule has 0 saturated carbocycles. The summed E-state index contributed by atoms with van der Waals surface area (Å²) in [5.41, 5.74) is 2.47. The van der Waals surface area contributed by atoms with Crippen LogP contribution in [-0.2, 0) is 11.3 Å². The van der Waals surface area contributed by atoms with Crippen molar-refractivity contribution in [3.63, 3.8) is 0 Å². The standard InChI is InChI=1S/C18H27NO4/c1-14-8-16-17(23-13-22-16)9-15(14)10-19-6-3-4-18(11-19,12-20)5-7-21-2/h8-9,20H,3-7,10-13H2,1-2H3/t18-/m0/s1. The lowest BCUT2D eigenvalue weighted by Crippen LogP contribution is -2.45. The zero-order valence-corrected chi connectivity index (χ0v) is 14.1. The predicted molar refractivity (Wildman–Crippen MR) is 87.8 cm³/mol. The van der Waals surface area contributed by atoms with Gasteiger partial charge in [0.2, 0.25) is 6.79 Å². The zero-order valence-electron chi connectivity index (χ0n) is 14.1. The molecule has 0 amide bonds. The number of hydrogen-bond acceptors (Lipinski definition) is 5. The van der Waals surface area contributed by atoms with Crippen molar-refractivity contribution in [1.82, 2.24) is 4.90 Å². The molecule has 1 aromatic rings. The molecule has 0 aromatic heterocycles. The second-order valence-electron chi connectivity index (χ2n) is 6.85. The van der Waals surface area contributed by atoms with E-state index in [0.29, 0.717) is 13.4 Å². The summed E-state index contributed by atoms with van der Waals surface area (Å²) in [5, 5.41) is 9.91. The van der Waals surface area contributed by atoms with E-state index in [1.165, 1.54) is 11.1 Å². The van der Waals surface area contributed by atoms with Crippen LogP contribution in [0.3, 0.4) is 0 Å². The van der Waals surface area contributed by atoms with Crippen LogP contribution in [0.4, 0.5) is 0 Å². The lowest BCUT2D eigenvalue weighted by atomic mass is 9.78. The number of nitrogens with zero attached hydrogens (tertiary/aromatic N) is 1. The number of aliphatic hydroxyl groups is 1. The molecule has 0 aliphatic carbocycles. The molecule has 0 unspecified atom stereocenters. The normalized spacial score (nSPS) is 24.1. The first-order valence-corrected chi connectivity index (χ1v) is 8.37. The molecule has 2 aliphatic heterocycles. The van der Waals surface area contributed by atoms with Crippen molar-refractivity contribution in [2.45, 2.75) is 32.7 Å². The second kappa shape index (κ2) is 7.07. The Balaban J connectivity index is 1.70. The van der Waals surface area contributed by atoms with Crippen molar-refractivity contribution in [3.05, 3.63) is 23.3 Å². The number of methoxy groups -OCH3 is 1. The predicted octanol–water partition coefficient (Wildman–Crippen LogP) is 2.33. The van der Waals surface area contributed by atoms with Gasteiger partial charge in [-0.2, -0.15) is 0 Å². The smallest absolute Gasteiger partial charge is 0.231 e. The zero-order chi connectivity index (χ0) is 16.3. The molecule has 23 heavy (non-hydrogen) atoms.